The first kappa shape index (κ1) is 12.5. The third-order valence-electron chi connectivity index (χ3n) is 3.69. The van der Waals surface area contributed by atoms with Gasteiger partial charge in [0.1, 0.15) is 0 Å². The zero-order valence-corrected chi connectivity index (χ0v) is 11.5. The summed E-state index contributed by atoms with van der Waals surface area (Å²) >= 11 is 4.30. The Bertz CT molecular complexity index is 440. The second kappa shape index (κ2) is 4.73. The fourth-order valence-electron chi connectivity index (χ4n) is 2.11. The quantitative estimate of drug-likeness (QED) is 0.816. The largest absolute Gasteiger partial charge is 0.339 e. The summed E-state index contributed by atoms with van der Waals surface area (Å²) in [4.78, 5) is 15.1. The van der Waals surface area contributed by atoms with Crippen LogP contribution in [0.1, 0.15) is 35.7 Å². The maximum absolute atomic E-state index is 12.4. The van der Waals surface area contributed by atoms with Crippen LogP contribution < -0.4 is 0 Å². The molecule has 1 fully saturated rings. The van der Waals surface area contributed by atoms with Crippen LogP contribution in [0.25, 0.3) is 0 Å². The van der Waals surface area contributed by atoms with Gasteiger partial charge in [0.15, 0.2) is 0 Å². The molecular formula is C14H19NOS. The minimum Gasteiger partial charge on any atom is -0.339 e. The van der Waals surface area contributed by atoms with E-state index in [1.165, 1.54) is 12.8 Å². The van der Waals surface area contributed by atoms with E-state index in [2.05, 4.69) is 19.6 Å². The number of amides is 1. The van der Waals surface area contributed by atoms with Crippen LogP contribution in [-0.4, -0.2) is 23.9 Å². The molecule has 1 unspecified atom stereocenters. The van der Waals surface area contributed by atoms with Gasteiger partial charge in [-0.1, -0.05) is 6.07 Å². The predicted octanol–water partition coefficient (Wildman–Crippen LogP) is 3.15. The highest BCUT2D eigenvalue weighted by molar-refractivity contribution is 7.80. The normalized spacial score (nSPS) is 16.7. The summed E-state index contributed by atoms with van der Waals surface area (Å²) in [7, 11) is 1.90. The summed E-state index contributed by atoms with van der Waals surface area (Å²) in [5.41, 5.74) is 1.79. The third-order valence-corrected chi connectivity index (χ3v) is 3.97. The van der Waals surface area contributed by atoms with Crippen LogP contribution in [0.15, 0.2) is 23.1 Å². The van der Waals surface area contributed by atoms with E-state index in [0.29, 0.717) is 12.0 Å². The number of nitrogens with zero attached hydrogens (tertiary/aromatic N) is 1. The van der Waals surface area contributed by atoms with Crippen molar-refractivity contribution in [2.24, 2.45) is 5.92 Å². The first-order valence-electron chi connectivity index (χ1n) is 6.07. The van der Waals surface area contributed by atoms with E-state index in [4.69, 9.17) is 0 Å². The summed E-state index contributed by atoms with van der Waals surface area (Å²) < 4.78 is 0. The fourth-order valence-corrected chi connectivity index (χ4v) is 2.31. The maximum Gasteiger partial charge on any atom is 0.254 e. The Kier molecular flexibility index (Phi) is 3.48. The van der Waals surface area contributed by atoms with E-state index in [1.807, 2.05) is 37.1 Å². The monoisotopic (exact) mass is 249 g/mol. The van der Waals surface area contributed by atoms with Crippen molar-refractivity contribution < 1.29 is 4.79 Å². The fraction of sp³-hybridized carbons (Fsp3) is 0.500. The molecule has 1 amide bonds. The van der Waals surface area contributed by atoms with Gasteiger partial charge in [-0.15, -0.1) is 12.6 Å². The average Bonchev–Trinajstić information content (AvgIpc) is 3.13. The summed E-state index contributed by atoms with van der Waals surface area (Å²) in [6.07, 6.45) is 2.51. The Hall–Kier alpha value is -0.960. The van der Waals surface area contributed by atoms with Crippen LogP contribution in [0.3, 0.4) is 0 Å². The smallest absolute Gasteiger partial charge is 0.254 e. The van der Waals surface area contributed by atoms with Gasteiger partial charge in [-0.25, -0.2) is 0 Å². The first-order valence-corrected chi connectivity index (χ1v) is 6.52. The van der Waals surface area contributed by atoms with Gasteiger partial charge in [0.05, 0.1) is 0 Å². The van der Waals surface area contributed by atoms with Crippen molar-refractivity contribution in [2.45, 2.75) is 37.6 Å². The number of thiol groups is 1. The Morgan fingerprint density at radius 1 is 1.47 bits per heavy atom. The zero-order chi connectivity index (χ0) is 12.6. The molecule has 17 heavy (non-hydrogen) atoms. The van der Waals surface area contributed by atoms with Gasteiger partial charge < -0.3 is 4.90 Å². The van der Waals surface area contributed by atoms with E-state index in [0.717, 1.165) is 16.0 Å². The summed E-state index contributed by atoms with van der Waals surface area (Å²) in [5.74, 6) is 0.807. The number of carbonyl (C=O) groups excluding carboxylic acids is 1. The minimum absolute atomic E-state index is 0.109. The Balaban J connectivity index is 2.20. The number of rotatable bonds is 3. The van der Waals surface area contributed by atoms with Crippen LogP contribution in [0.5, 0.6) is 0 Å². The number of hydrogen-bond acceptors (Lipinski definition) is 2. The molecule has 3 heteroatoms. The lowest BCUT2D eigenvalue weighted by molar-refractivity contribution is 0.0726. The van der Waals surface area contributed by atoms with E-state index >= 15 is 0 Å². The molecule has 1 saturated carbocycles. The van der Waals surface area contributed by atoms with Gasteiger partial charge in [0.2, 0.25) is 0 Å². The molecule has 0 bridgehead atoms. The van der Waals surface area contributed by atoms with Crippen LogP contribution in [-0.2, 0) is 0 Å². The van der Waals surface area contributed by atoms with Crippen molar-refractivity contribution in [1.82, 2.24) is 4.90 Å². The zero-order valence-electron chi connectivity index (χ0n) is 10.6. The van der Waals surface area contributed by atoms with Crippen LogP contribution >= 0.6 is 12.6 Å². The highest BCUT2D eigenvalue weighted by Gasteiger charge is 2.32. The van der Waals surface area contributed by atoms with E-state index in [9.17, 15) is 4.79 Å². The summed E-state index contributed by atoms with van der Waals surface area (Å²) in [5, 5.41) is 0. The van der Waals surface area contributed by atoms with Crippen molar-refractivity contribution >= 4 is 18.5 Å². The standard InChI is InChI=1S/C14H19NOS/c1-9-4-7-12(17)8-13(9)14(16)15(3)10(2)11-5-6-11/h4,7-8,10-11,17H,5-6H2,1-3H3. The Morgan fingerprint density at radius 2 is 2.12 bits per heavy atom. The number of aryl methyl sites for hydroxylation is 1. The van der Waals surface area contributed by atoms with E-state index < -0.39 is 0 Å². The molecule has 1 aliphatic rings. The van der Waals surface area contributed by atoms with Crippen molar-refractivity contribution in [3.05, 3.63) is 29.3 Å². The molecule has 2 nitrogen and oxygen atoms in total. The molecule has 1 atom stereocenters. The third kappa shape index (κ3) is 2.65. The Labute approximate surface area is 108 Å². The number of carbonyl (C=O) groups is 1. The number of benzene rings is 1. The van der Waals surface area contributed by atoms with Crippen molar-refractivity contribution in [3.63, 3.8) is 0 Å². The molecule has 1 aliphatic carbocycles. The molecule has 1 aromatic carbocycles. The van der Waals surface area contributed by atoms with Gasteiger partial charge in [-0.05, 0) is 50.3 Å². The molecule has 0 N–H and O–H groups in total. The lowest BCUT2D eigenvalue weighted by Gasteiger charge is -2.25. The minimum atomic E-state index is 0.109. The lowest BCUT2D eigenvalue weighted by Crippen LogP contribution is -2.36. The van der Waals surface area contributed by atoms with Gasteiger partial charge in [0.25, 0.3) is 5.91 Å². The SMILES string of the molecule is Cc1ccc(S)cc1C(=O)N(C)C(C)C1CC1. The molecule has 0 saturated heterocycles. The van der Waals surface area contributed by atoms with Gasteiger partial charge in [-0.3, -0.25) is 4.79 Å². The van der Waals surface area contributed by atoms with Crippen LogP contribution in [0.2, 0.25) is 0 Å². The van der Waals surface area contributed by atoms with Gasteiger partial charge in [0, 0.05) is 23.5 Å². The van der Waals surface area contributed by atoms with Crippen LogP contribution in [0, 0.1) is 12.8 Å². The molecule has 2 rings (SSSR count). The molecule has 0 heterocycles. The van der Waals surface area contributed by atoms with Gasteiger partial charge in [-0.2, -0.15) is 0 Å². The van der Waals surface area contributed by atoms with E-state index in [-0.39, 0.29) is 5.91 Å². The summed E-state index contributed by atoms with van der Waals surface area (Å²) in [6.45, 7) is 4.10. The highest BCUT2D eigenvalue weighted by atomic mass is 32.1. The molecule has 0 aromatic heterocycles. The second-order valence-electron chi connectivity index (χ2n) is 4.99. The second-order valence-corrected chi connectivity index (χ2v) is 5.51. The highest BCUT2D eigenvalue weighted by Crippen LogP contribution is 2.35. The molecule has 1 aromatic rings. The molecule has 0 spiro atoms. The summed E-state index contributed by atoms with van der Waals surface area (Å²) in [6, 6.07) is 6.06. The maximum atomic E-state index is 12.4. The topological polar surface area (TPSA) is 20.3 Å². The molecule has 92 valence electrons. The average molecular weight is 249 g/mol. The number of hydrogen-bond donors (Lipinski definition) is 1. The lowest BCUT2D eigenvalue weighted by atomic mass is 10.1. The molecular weight excluding hydrogens is 230 g/mol. The van der Waals surface area contributed by atoms with Gasteiger partial charge >= 0.3 is 0 Å². The van der Waals surface area contributed by atoms with Crippen LogP contribution in [0.4, 0.5) is 0 Å². The van der Waals surface area contributed by atoms with Crippen molar-refractivity contribution in [2.75, 3.05) is 7.05 Å². The van der Waals surface area contributed by atoms with E-state index in [1.54, 1.807) is 0 Å². The molecule has 0 aliphatic heterocycles. The van der Waals surface area contributed by atoms with Crippen molar-refractivity contribution in [3.8, 4) is 0 Å². The predicted molar refractivity (Wildman–Crippen MR) is 72.7 cm³/mol. The Morgan fingerprint density at radius 3 is 2.71 bits per heavy atom. The first-order chi connectivity index (χ1) is 8.00. The molecule has 0 radical (unpaired) electrons. The van der Waals surface area contributed by atoms with Crippen molar-refractivity contribution in [1.29, 1.82) is 0 Å².